The van der Waals surface area contributed by atoms with Crippen LogP contribution in [0.5, 0.6) is 0 Å². The molecule has 0 bridgehead atoms. The van der Waals surface area contributed by atoms with Crippen LogP contribution in [-0.2, 0) is 14.9 Å². The third-order valence-corrected chi connectivity index (χ3v) is 6.39. The zero-order chi connectivity index (χ0) is 22.4. The molecule has 0 amide bonds. The van der Waals surface area contributed by atoms with E-state index in [0.29, 0.717) is 42.3 Å². The second kappa shape index (κ2) is 14.2. The van der Waals surface area contributed by atoms with Gasteiger partial charge in [0.1, 0.15) is 5.15 Å². The van der Waals surface area contributed by atoms with E-state index in [2.05, 4.69) is 25.5 Å². The number of aliphatic imine (C=N–C) groups is 1. The Kier molecular flexibility index (Phi) is 11.6. The van der Waals surface area contributed by atoms with Gasteiger partial charge in [-0.05, 0) is 43.7 Å². The van der Waals surface area contributed by atoms with E-state index in [4.69, 9.17) is 21.7 Å². The van der Waals surface area contributed by atoms with Crippen LogP contribution in [0.25, 0.3) is 0 Å². The summed E-state index contributed by atoms with van der Waals surface area (Å²) in [7, 11) is -3.41. The maximum atomic E-state index is 12.0. The van der Waals surface area contributed by atoms with E-state index in [1.807, 2.05) is 6.19 Å². The van der Waals surface area contributed by atoms with Crippen molar-refractivity contribution in [3.63, 3.8) is 0 Å². The van der Waals surface area contributed by atoms with Crippen LogP contribution < -0.4 is 15.5 Å². The molecule has 1 heterocycles. The maximum absolute atomic E-state index is 12.0. The highest BCUT2D eigenvalue weighted by Gasteiger charge is 2.15. The van der Waals surface area contributed by atoms with Gasteiger partial charge in [-0.2, -0.15) is 5.26 Å². The molecule has 1 fully saturated rings. The van der Waals surface area contributed by atoms with E-state index in [1.165, 1.54) is 19.3 Å². The number of nitrogens with one attached hydrogen (secondary N) is 3. The van der Waals surface area contributed by atoms with Gasteiger partial charge in [-0.15, -0.1) is 0 Å². The average molecular weight is 471 g/mol. The van der Waals surface area contributed by atoms with Crippen molar-refractivity contribution in [2.24, 2.45) is 10.9 Å². The lowest BCUT2D eigenvalue weighted by Crippen LogP contribution is -2.29. The highest BCUT2D eigenvalue weighted by atomic mass is 35.5. The molecule has 1 aromatic rings. The number of guanidine groups is 1. The summed E-state index contributed by atoms with van der Waals surface area (Å²) in [6.45, 7) is 0.960. The molecule has 1 aliphatic rings. The number of unbranched alkanes of at least 4 members (excludes halogenated alkanes) is 3. The van der Waals surface area contributed by atoms with Gasteiger partial charge in [-0.3, -0.25) is 15.1 Å². The van der Waals surface area contributed by atoms with E-state index in [9.17, 15) is 8.42 Å². The Morgan fingerprint density at radius 3 is 2.77 bits per heavy atom. The SMILES string of the molecule is N#CNC(=NCCCCCCS(=O)(=O)NOCC1CCCCC1)Nc1ccnc(Cl)c1. The standard InChI is InChI=1S/C20H31ClN6O3S/c21-19-14-18(10-12-23-19)26-20(25-16-22)24-11-6-1-2-7-13-31(28,29)27-30-15-17-8-4-3-5-9-17/h10,12,14,17,27H,1-9,11,13,15H2,(H2,23,24,25,26). The molecule has 0 aliphatic heterocycles. The minimum absolute atomic E-state index is 0.0481. The van der Waals surface area contributed by atoms with Gasteiger partial charge < -0.3 is 5.32 Å². The van der Waals surface area contributed by atoms with Crippen LogP contribution in [0.4, 0.5) is 5.69 Å². The molecule has 2 rings (SSSR count). The molecule has 0 saturated heterocycles. The summed E-state index contributed by atoms with van der Waals surface area (Å²) in [4.78, 5) is 15.7. The zero-order valence-corrected chi connectivity index (χ0v) is 19.2. The van der Waals surface area contributed by atoms with Crippen LogP contribution in [-0.4, -0.2) is 38.3 Å². The Morgan fingerprint density at radius 2 is 2.03 bits per heavy atom. The fraction of sp³-hybridized carbons (Fsp3) is 0.650. The number of nitrogens with zero attached hydrogens (tertiary/aromatic N) is 3. The number of nitriles is 1. The van der Waals surface area contributed by atoms with Crippen molar-refractivity contribution in [3.05, 3.63) is 23.5 Å². The van der Waals surface area contributed by atoms with Gasteiger partial charge in [0.05, 0.1) is 12.4 Å². The molecule has 172 valence electrons. The lowest BCUT2D eigenvalue weighted by Gasteiger charge is -2.20. The van der Waals surface area contributed by atoms with Gasteiger partial charge in [-0.1, -0.05) is 48.6 Å². The number of rotatable bonds is 12. The van der Waals surface area contributed by atoms with E-state index in [-0.39, 0.29) is 5.75 Å². The minimum atomic E-state index is -3.41. The number of hydrogen-bond donors (Lipinski definition) is 3. The van der Waals surface area contributed by atoms with Gasteiger partial charge in [0.25, 0.3) is 0 Å². The van der Waals surface area contributed by atoms with E-state index in [0.717, 1.165) is 32.1 Å². The molecule has 1 saturated carbocycles. The molecule has 0 atom stereocenters. The third kappa shape index (κ3) is 11.3. The molecule has 0 spiro atoms. The van der Waals surface area contributed by atoms with Crippen molar-refractivity contribution >= 4 is 33.3 Å². The summed E-state index contributed by atoms with van der Waals surface area (Å²) in [5.74, 6) is 0.834. The molecule has 3 N–H and O–H groups in total. The molecule has 0 aromatic carbocycles. The van der Waals surface area contributed by atoms with E-state index in [1.54, 1.807) is 18.3 Å². The largest absolute Gasteiger partial charge is 0.325 e. The summed E-state index contributed by atoms with van der Waals surface area (Å²) in [5.41, 5.74) is 0.671. The fourth-order valence-electron chi connectivity index (χ4n) is 3.37. The normalized spacial score (nSPS) is 15.4. The smallest absolute Gasteiger partial charge is 0.233 e. The van der Waals surface area contributed by atoms with Crippen LogP contribution in [0.1, 0.15) is 57.8 Å². The highest BCUT2D eigenvalue weighted by Crippen LogP contribution is 2.23. The van der Waals surface area contributed by atoms with Gasteiger partial charge in [0.15, 0.2) is 6.19 Å². The summed E-state index contributed by atoms with van der Waals surface area (Å²) < 4.78 is 24.0. The summed E-state index contributed by atoms with van der Waals surface area (Å²) >= 11 is 5.84. The summed E-state index contributed by atoms with van der Waals surface area (Å²) in [5, 5.41) is 14.7. The van der Waals surface area contributed by atoms with Crippen LogP contribution in [0.2, 0.25) is 5.15 Å². The second-order valence-electron chi connectivity index (χ2n) is 7.59. The Hall–Kier alpha value is -1.93. The van der Waals surface area contributed by atoms with Crippen LogP contribution in [0.3, 0.4) is 0 Å². The Labute approximate surface area is 189 Å². The monoisotopic (exact) mass is 470 g/mol. The summed E-state index contributed by atoms with van der Waals surface area (Å²) in [6.07, 6.45) is 12.2. The molecule has 0 radical (unpaired) electrons. The van der Waals surface area contributed by atoms with E-state index < -0.39 is 10.0 Å². The van der Waals surface area contributed by atoms with E-state index >= 15 is 0 Å². The molecule has 1 aliphatic carbocycles. The predicted molar refractivity (Wildman–Crippen MR) is 122 cm³/mol. The van der Waals surface area contributed by atoms with Gasteiger partial charge >= 0.3 is 0 Å². The van der Waals surface area contributed by atoms with Crippen molar-refractivity contribution in [2.45, 2.75) is 57.8 Å². The highest BCUT2D eigenvalue weighted by molar-refractivity contribution is 7.89. The topological polar surface area (TPSA) is 128 Å². The first-order chi connectivity index (χ1) is 15.0. The van der Waals surface area contributed by atoms with Crippen molar-refractivity contribution in [1.29, 1.82) is 5.26 Å². The molecule has 1 aromatic heterocycles. The molecule has 0 unspecified atom stereocenters. The predicted octanol–water partition coefficient (Wildman–Crippen LogP) is 3.57. The number of halogens is 1. The number of anilines is 1. The van der Waals surface area contributed by atoms with Crippen LogP contribution in [0, 0.1) is 17.4 Å². The maximum Gasteiger partial charge on any atom is 0.233 e. The Morgan fingerprint density at radius 1 is 1.26 bits per heavy atom. The average Bonchev–Trinajstić information content (AvgIpc) is 2.74. The number of sulfonamides is 1. The fourth-order valence-corrected chi connectivity index (χ4v) is 4.45. The molecule has 11 heteroatoms. The van der Waals surface area contributed by atoms with Crippen molar-refractivity contribution in [3.8, 4) is 6.19 Å². The summed E-state index contributed by atoms with van der Waals surface area (Å²) in [6, 6.07) is 3.34. The molecule has 31 heavy (non-hydrogen) atoms. The van der Waals surface area contributed by atoms with Crippen molar-refractivity contribution in [1.82, 2.24) is 15.2 Å². The van der Waals surface area contributed by atoms with Gasteiger partial charge in [-0.25, -0.2) is 13.4 Å². The Bertz CT molecular complexity index is 838. The third-order valence-electron chi connectivity index (χ3n) is 4.98. The quantitative estimate of drug-likeness (QED) is 0.0809. The Balaban J connectivity index is 1.58. The lowest BCUT2D eigenvalue weighted by atomic mass is 9.90. The van der Waals surface area contributed by atoms with Crippen LogP contribution >= 0.6 is 11.6 Å². The van der Waals surface area contributed by atoms with Gasteiger partial charge in [0, 0.05) is 18.4 Å². The van der Waals surface area contributed by atoms with Crippen molar-refractivity contribution in [2.75, 3.05) is 24.2 Å². The molecular weight excluding hydrogens is 440 g/mol. The number of aromatic nitrogens is 1. The first-order valence-corrected chi connectivity index (χ1v) is 12.7. The van der Waals surface area contributed by atoms with Crippen molar-refractivity contribution < 1.29 is 13.3 Å². The molecular formula is C20H31ClN6O3S. The number of pyridine rings is 1. The second-order valence-corrected chi connectivity index (χ2v) is 9.78. The minimum Gasteiger partial charge on any atom is -0.325 e. The zero-order valence-electron chi connectivity index (χ0n) is 17.6. The van der Waals surface area contributed by atoms with Gasteiger partial charge in [0.2, 0.25) is 16.0 Å². The first-order valence-electron chi connectivity index (χ1n) is 10.7. The number of hydrogen-bond acceptors (Lipinski definition) is 6. The molecule has 9 nitrogen and oxygen atoms in total. The first kappa shape index (κ1) is 25.3. The van der Waals surface area contributed by atoms with Crippen LogP contribution in [0.15, 0.2) is 23.3 Å². The lowest BCUT2D eigenvalue weighted by molar-refractivity contribution is 0.0519.